The van der Waals surface area contributed by atoms with Crippen LogP contribution < -0.4 is 5.32 Å². The highest BCUT2D eigenvalue weighted by atomic mass is 79.9. The van der Waals surface area contributed by atoms with Crippen molar-refractivity contribution in [2.45, 2.75) is 31.5 Å². The van der Waals surface area contributed by atoms with E-state index in [-0.39, 0.29) is 5.91 Å². The third kappa shape index (κ3) is 4.47. The summed E-state index contributed by atoms with van der Waals surface area (Å²) in [5.74, 6) is -0.0296. The maximum Gasteiger partial charge on any atom is 0.221 e. The molecule has 0 aliphatic heterocycles. The van der Waals surface area contributed by atoms with Crippen molar-refractivity contribution in [1.82, 2.24) is 0 Å². The number of carbonyl (C=O) groups excluding carboxylic acids is 1. The summed E-state index contributed by atoms with van der Waals surface area (Å²) in [6, 6.07) is 7.97. The quantitative estimate of drug-likeness (QED) is 0.835. The highest BCUT2D eigenvalue weighted by Gasteiger charge is 2.03. The minimum absolute atomic E-state index is 0.0296. The molecule has 0 radical (unpaired) electrons. The number of nitrogens with one attached hydrogen (secondary N) is 1. The molecule has 0 aromatic heterocycles. The van der Waals surface area contributed by atoms with Crippen LogP contribution in [0.5, 0.6) is 0 Å². The molecule has 0 heterocycles. The molecule has 1 amide bonds. The van der Waals surface area contributed by atoms with Crippen molar-refractivity contribution in [2.75, 3.05) is 5.32 Å². The van der Waals surface area contributed by atoms with E-state index in [2.05, 4.69) is 34.2 Å². The molecular formula is C12H16BrNO. The molecule has 1 rings (SSSR count). The van der Waals surface area contributed by atoms with E-state index in [1.54, 1.807) is 0 Å². The molecule has 1 aromatic carbocycles. The zero-order valence-electron chi connectivity index (χ0n) is 9.09. The molecule has 0 aliphatic carbocycles. The van der Waals surface area contributed by atoms with Crippen LogP contribution >= 0.6 is 15.9 Å². The summed E-state index contributed by atoms with van der Waals surface area (Å²) >= 11 is 3.60. The minimum atomic E-state index is -0.0296. The molecule has 1 atom stereocenters. The molecule has 0 fully saturated rings. The SMILES string of the molecule is CCC(Br)Cc1cccc(NC(C)=O)c1. The first kappa shape index (κ1) is 12.2. The van der Waals surface area contributed by atoms with E-state index in [9.17, 15) is 4.79 Å². The first-order valence-corrected chi connectivity index (χ1v) is 6.04. The van der Waals surface area contributed by atoms with Gasteiger partial charge in [0.15, 0.2) is 0 Å². The maximum atomic E-state index is 10.9. The Balaban J connectivity index is 2.69. The molecule has 0 spiro atoms. The van der Waals surface area contributed by atoms with Gasteiger partial charge in [0.2, 0.25) is 5.91 Å². The zero-order chi connectivity index (χ0) is 11.3. The van der Waals surface area contributed by atoms with Crippen LogP contribution in [0, 0.1) is 0 Å². The van der Waals surface area contributed by atoms with Gasteiger partial charge < -0.3 is 5.32 Å². The van der Waals surface area contributed by atoms with E-state index in [1.165, 1.54) is 12.5 Å². The van der Waals surface area contributed by atoms with Gasteiger partial charge in [-0.1, -0.05) is 35.0 Å². The standard InChI is InChI=1S/C12H16BrNO/c1-3-11(13)7-10-5-4-6-12(8-10)14-9(2)15/h4-6,8,11H,3,7H2,1-2H3,(H,14,15). The first-order chi connectivity index (χ1) is 7.11. The minimum Gasteiger partial charge on any atom is -0.326 e. The van der Waals surface area contributed by atoms with Gasteiger partial charge in [0.1, 0.15) is 0 Å². The van der Waals surface area contributed by atoms with E-state index in [0.717, 1.165) is 18.5 Å². The van der Waals surface area contributed by atoms with E-state index in [0.29, 0.717) is 4.83 Å². The van der Waals surface area contributed by atoms with Gasteiger partial charge in [0.25, 0.3) is 0 Å². The third-order valence-electron chi connectivity index (χ3n) is 2.15. The van der Waals surface area contributed by atoms with Gasteiger partial charge in [-0.15, -0.1) is 0 Å². The monoisotopic (exact) mass is 269 g/mol. The number of anilines is 1. The average Bonchev–Trinajstić information content (AvgIpc) is 2.17. The molecule has 2 nitrogen and oxygen atoms in total. The molecule has 1 N–H and O–H groups in total. The number of halogens is 1. The molecule has 1 unspecified atom stereocenters. The number of rotatable bonds is 4. The molecule has 1 aromatic rings. The van der Waals surface area contributed by atoms with Crippen LogP contribution in [0.25, 0.3) is 0 Å². The topological polar surface area (TPSA) is 29.1 Å². The Morgan fingerprint density at radius 2 is 2.27 bits per heavy atom. The first-order valence-electron chi connectivity index (χ1n) is 5.12. The molecule has 82 valence electrons. The second-order valence-electron chi connectivity index (χ2n) is 3.59. The van der Waals surface area contributed by atoms with Gasteiger partial charge in [-0.2, -0.15) is 0 Å². The van der Waals surface area contributed by atoms with Crippen LogP contribution in [0.4, 0.5) is 5.69 Å². The molecule has 0 bridgehead atoms. The van der Waals surface area contributed by atoms with Crippen LogP contribution in [-0.4, -0.2) is 10.7 Å². The lowest BCUT2D eigenvalue weighted by Gasteiger charge is -2.08. The normalized spacial score (nSPS) is 12.2. The zero-order valence-corrected chi connectivity index (χ0v) is 10.7. The van der Waals surface area contributed by atoms with E-state index >= 15 is 0 Å². The van der Waals surface area contributed by atoms with Gasteiger partial charge in [-0.05, 0) is 30.5 Å². The summed E-state index contributed by atoms with van der Waals surface area (Å²) in [5.41, 5.74) is 2.11. The summed E-state index contributed by atoms with van der Waals surface area (Å²) in [7, 11) is 0. The Morgan fingerprint density at radius 3 is 2.87 bits per heavy atom. The Morgan fingerprint density at radius 1 is 1.53 bits per heavy atom. The summed E-state index contributed by atoms with van der Waals surface area (Å²) in [6.07, 6.45) is 2.09. The Labute approximate surface area is 99.2 Å². The van der Waals surface area contributed by atoms with Crippen molar-refractivity contribution in [3.05, 3.63) is 29.8 Å². The number of benzene rings is 1. The van der Waals surface area contributed by atoms with Crippen molar-refractivity contribution in [2.24, 2.45) is 0 Å². The third-order valence-corrected chi connectivity index (χ3v) is 3.12. The number of hydrogen-bond donors (Lipinski definition) is 1. The summed E-state index contributed by atoms with van der Waals surface area (Å²) in [6.45, 7) is 3.67. The number of amides is 1. The number of alkyl halides is 1. The fourth-order valence-corrected chi connectivity index (χ4v) is 1.75. The largest absolute Gasteiger partial charge is 0.326 e. The van der Waals surface area contributed by atoms with Crippen molar-refractivity contribution >= 4 is 27.5 Å². The lowest BCUT2D eigenvalue weighted by molar-refractivity contribution is -0.114. The summed E-state index contributed by atoms with van der Waals surface area (Å²) in [4.78, 5) is 11.4. The van der Waals surface area contributed by atoms with Gasteiger partial charge in [-0.25, -0.2) is 0 Å². The van der Waals surface area contributed by atoms with Crippen LogP contribution in [0.3, 0.4) is 0 Å². The summed E-state index contributed by atoms with van der Waals surface area (Å²) < 4.78 is 0. The predicted octanol–water partition coefficient (Wildman–Crippen LogP) is 3.36. The van der Waals surface area contributed by atoms with Gasteiger partial charge >= 0.3 is 0 Å². The Bertz CT molecular complexity index is 338. The van der Waals surface area contributed by atoms with Crippen molar-refractivity contribution in [3.8, 4) is 0 Å². The maximum absolute atomic E-state index is 10.9. The molecule has 0 aliphatic rings. The highest BCUT2D eigenvalue weighted by molar-refractivity contribution is 9.09. The van der Waals surface area contributed by atoms with Crippen molar-refractivity contribution in [3.63, 3.8) is 0 Å². The van der Waals surface area contributed by atoms with Crippen LogP contribution in [0.1, 0.15) is 25.8 Å². The number of carbonyl (C=O) groups is 1. The highest BCUT2D eigenvalue weighted by Crippen LogP contribution is 2.16. The van der Waals surface area contributed by atoms with Crippen LogP contribution in [0.15, 0.2) is 24.3 Å². The van der Waals surface area contributed by atoms with Crippen LogP contribution in [0.2, 0.25) is 0 Å². The smallest absolute Gasteiger partial charge is 0.221 e. The summed E-state index contributed by atoms with van der Waals surface area (Å²) in [5, 5.41) is 2.78. The second-order valence-corrected chi connectivity index (χ2v) is 4.89. The van der Waals surface area contributed by atoms with Gasteiger partial charge in [0.05, 0.1) is 0 Å². The molecule has 0 saturated carbocycles. The van der Waals surface area contributed by atoms with Gasteiger partial charge in [0, 0.05) is 17.4 Å². The van der Waals surface area contributed by atoms with Crippen LogP contribution in [-0.2, 0) is 11.2 Å². The molecule has 3 heteroatoms. The van der Waals surface area contributed by atoms with E-state index in [1.807, 2.05) is 18.2 Å². The molecule has 15 heavy (non-hydrogen) atoms. The van der Waals surface area contributed by atoms with E-state index < -0.39 is 0 Å². The van der Waals surface area contributed by atoms with Crippen molar-refractivity contribution in [1.29, 1.82) is 0 Å². The van der Waals surface area contributed by atoms with Gasteiger partial charge in [-0.3, -0.25) is 4.79 Å². The fourth-order valence-electron chi connectivity index (χ4n) is 1.38. The lowest BCUT2D eigenvalue weighted by Crippen LogP contribution is -2.06. The lowest BCUT2D eigenvalue weighted by atomic mass is 10.1. The predicted molar refractivity (Wildman–Crippen MR) is 67.5 cm³/mol. The van der Waals surface area contributed by atoms with E-state index in [4.69, 9.17) is 0 Å². The molecular weight excluding hydrogens is 254 g/mol. The Kier molecular flexibility index (Phi) is 4.82. The number of hydrogen-bond acceptors (Lipinski definition) is 1. The fraction of sp³-hybridized carbons (Fsp3) is 0.417. The second kappa shape index (κ2) is 5.91. The Hall–Kier alpha value is -0.830. The van der Waals surface area contributed by atoms with Crippen molar-refractivity contribution < 1.29 is 4.79 Å². The average molecular weight is 270 g/mol. The molecule has 0 saturated heterocycles.